The summed E-state index contributed by atoms with van der Waals surface area (Å²) in [5.74, 6) is 0.593. The number of urea groups is 1. The molecule has 3 rings (SSSR count). The molecule has 0 bridgehead atoms. The first-order chi connectivity index (χ1) is 12.6. The number of carbonyl (C=O) groups excluding carboxylic acids is 1. The molecule has 1 fully saturated rings. The standard InChI is InChI=1S/C16H18ClN7OS/c1-19-16(25)24-4-2-23(3-5-24)10-11-6-13(17)21-14(7-11)22-15-20-9-12(8-18)26-15/h6-7,9H,2-5,10H2,1H3,(H,19,25)(H,20,21,22). The van der Waals surface area contributed by atoms with Crippen molar-refractivity contribution < 1.29 is 4.79 Å². The van der Waals surface area contributed by atoms with Crippen molar-refractivity contribution in [2.45, 2.75) is 6.54 Å². The number of nitrogens with zero attached hydrogens (tertiary/aromatic N) is 5. The lowest BCUT2D eigenvalue weighted by atomic mass is 10.2. The topological polar surface area (TPSA) is 97.2 Å². The normalized spacial score (nSPS) is 14.7. The third kappa shape index (κ3) is 4.60. The molecule has 2 aromatic heterocycles. The van der Waals surface area contributed by atoms with Gasteiger partial charge in [-0.2, -0.15) is 5.26 Å². The molecular weight excluding hydrogens is 374 g/mol. The van der Waals surface area contributed by atoms with Gasteiger partial charge >= 0.3 is 6.03 Å². The van der Waals surface area contributed by atoms with E-state index in [0.29, 0.717) is 34.1 Å². The van der Waals surface area contributed by atoms with Crippen molar-refractivity contribution in [1.82, 2.24) is 25.1 Å². The van der Waals surface area contributed by atoms with E-state index in [0.717, 1.165) is 25.2 Å². The number of carbonyl (C=O) groups is 1. The van der Waals surface area contributed by atoms with E-state index >= 15 is 0 Å². The maximum absolute atomic E-state index is 11.7. The van der Waals surface area contributed by atoms with Crippen LogP contribution in [0.5, 0.6) is 0 Å². The van der Waals surface area contributed by atoms with Gasteiger partial charge in [-0.05, 0) is 17.7 Å². The van der Waals surface area contributed by atoms with Crippen molar-refractivity contribution in [1.29, 1.82) is 5.26 Å². The minimum absolute atomic E-state index is 0.0386. The first-order valence-electron chi connectivity index (χ1n) is 8.06. The molecule has 136 valence electrons. The number of anilines is 2. The lowest BCUT2D eigenvalue weighted by Crippen LogP contribution is -2.50. The fourth-order valence-corrected chi connectivity index (χ4v) is 3.58. The van der Waals surface area contributed by atoms with E-state index < -0.39 is 0 Å². The minimum Gasteiger partial charge on any atom is -0.341 e. The number of pyridine rings is 1. The molecule has 2 amide bonds. The Balaban J connectivity index is 1.63. The summed E-state index contributed by atoms with van der Waals surface area (Å²) in [6, 6.07) is 5.77. The molecule has 1 aliphatic heterocycles. The number of piperazine rings is 1. The number of halogens is 1. The molecule has 3 heterocycles. The van der Waals surface area contributed by atoms with Crippen molar-refractivity contribution in [3.63, 3.8) is 0 Å². The summed E-state index contributed by atoms with van der Waals surface area (Å²) >= 11 is 7.41. The molecule has 8 nitrogen and oxygen atoms in total. The average Bonchev–Trinajstić information content (AvgIpc) is 3.08. The molecule has 1 aliphatic rings. The van der Waals surface area contributed by atoms with Gasteiger partial charge in [0.05, 0.1) is 6.20 Å². The highest BCUT2D eigenvalue weighted by Gasteiger charge is 2.20. The predicted octanol–water partition coefficient (Wildman–Crippen LogP) is 2.26. The van der Waals surface area contributed by atoms with Crippen LogP contribution in [0.2, 0.25) is 5.15 Å². The molecular formula is C16H18ClN7OS. The van der Waals surface area contributed by atoms with Crippen molar-refractivity contribution >= 4 is 39.9 Å². The first kappa shape index (κ1) is 18.4. The van der Waals surface area contributed by atoms with E-state index in [1.165, 1.54) is 17.5 Å². The van der Waals surface area contributed by atoms with Gasteiger partial charge in [0, 0.05) is 39.8 Å². The third-order valence-electron chi connectivity index (χ3n) is 3.98. The maximum Gasteiger partial charge on any atom is 0.317 e. The number of nitriles is 1. The van der Waals surface area contributed by atoms with E-state index in [-0.39, 0.29) is 6.03 Å². The molecule has 26 heavy (non-hydrogen) atoms. The minimum atomic E-state index is -0.0386. The second kappa shape index (κ2) is 8.31. The monoisotopic (exact) mass is 391 g/mol. The number of hydrogen-bond donors (Lipinski definition) is 2. The SMILES string of the molecule is CNC(=O)N1CCN(Cc2cc(Cl)nc(Nc3ncc(C#N)s3)c2)CC1. The molecule has 1 saturated heterocycles. The van der Waals surface area contributed by atoms with E-state index in [1.54, 1.807) is 11.9 Å². The van der Waals surface area contributed by atoms with E-state index in [4.69, 9.17) is 16.9 Å². The molecule has 0 spiro atoms. The Labute approximate surface area is 160 Å². The fourth-order valence-electron chi connectivity index (χ4n) is 2.72. The van der Waals surface area contributed by atoms with Gasteiger partial charge in [0.25, 0.3) is 0 Å². The largest absolute Gasteiger partial charge is 0.341 e. The molecule has 0 radical (unpaired) electrons. The third-order valence-corrected chi connectivity index (χ3v) is 5.00. The zero-order valence-corrected chi connectivity index (χ0v) is 15.8. The molecule has 0 unspecified atom stereocenters. The Bertz CT molecular complexity index is 826. The maximum atomic E-state index is 11.7. The van der Waals surface area contributed by atoms with Gasteiger partial charge in [0.1, 0.15) is 21.9 Å². The quantitative estimate of drug-likeness (QED) is 0.776. The second-order valence-corrected chi connectivity index (χ2v) is 7.19. The van der Waals surface area contributed by atoms with Crippen molar-refractivity contribution in [2.75, 3.05) is 38.5 Å². The zero-order valence-electron chi connectivity index (χ0n) is 14.2. The first-order valence-corrected chi connectivity index (χ1v) is 9.25. The van der Waals surface area contributed by atoms with Gasteiger partial charge in [-0.15, -0.1) is 0 Å². The highest BCUT2D eigenvalue weighted by molar-refractivity contribution is 7.16. The molecule has 0 aromatic carbocycles. The summed E-state index contributed by atoms with van der Waals surface area (Å²) in [5, 5.41) is 15.6. The Morgan fingerprint density at radius 3 is 2.81 bits per heavy atom. The Hall–Kier alpha value is -2.41. The lowest BCUT2D eigenvalue weighted by molar-refractivity contribution is 0.136. The predicted molar refractivity (Wildman–Crippen MR) is 101 cm³/mol. The van der Waals surface area contributed by atoms with Gasteiger partial charge in [-0.3, -0.25) is 4.90 Å². The highest BCUT2D eigenvalue weighted by Crippen LogP contribution is 2.23. The van der Waals surface area contributed by atoms with Gasteiger partial charge < -0.3 is 15.5 Å². The number of rotatable bonds is 4. The van der Waals surface area contributed by atoms with Gasteiger partial charge in [0.15, 0.2) is 5.13 Å². The number of nitrogens with one attached hydrogen (secondary N) is 2. The van der Waals surface area contributed by atoms with Crippen LogP contribution in [0.15, 0.2) is 18.3 Å². The highest BCUT2D eigenvalue weighted by atomic mass is 35.5. The second-order valence-electron chi connectivity index (χ2n) is 5.77. The Kier molecular flexibility index (Phi) is 5.88. The summed E-state index contributed by atoms with van der Waals surface area (Å²) in [6.07, 6.45) is 1.52. The number of thiazole rings is 1. The molecule has 0 saturated carbocycles. The number of hydrogen-bond acceptors (Lipinski definition) is 7. The van der Waals surface area contributed by atoms with Crippen molar-refractivity contribution in [2.24, 2.45) is 0 Å². The Morgan fingerprint density at radius 2 is 2.15 bits per heavy atom. The fraction of sp³-hybridized carbons (Fsp3) is 0.375. The average molecular weight is 392 g/mol. The van der Waals surface area contributed by atoms with E-state index in [9.17, 15) is 4.79 Å². The van der Waals surface area contributed by atoms with E-state index in [1.807, 2.05) is 12.1 Å². The summed E-state index contributed by atoms with van der Waals surface area (Å²) < 4.78 is 0. The zero-order chi connectivity index (χ0) is 18.5. The van der Waals surface area contributed by atoms with Crippen LogP contribution >= 0.6 is 22.9 Å². The van der Waals surface area contributed by atoms with Crippen LogP contribution in [-0.2, 0) is 6.54 Å². The van der Waals surface area contributed by atoms with Crippen molar-refractivity contribution in [3.05, 3.63) is 33.9 Å². The van der Waals surface area contributed by atoms with Gasteiger partial charge in [-0.1, -0.05) is 22.9 Å². The summed E-state index contributed by atoms with van der Waals surface area (Å²) in [6.45, 7) is 3.71. The van der Waals surface area contributed by atoms with Gasteiger partial charge in [-0.25, -0.2) is 14.8 Å². The van der Waals surface area contributed by atoms with Crippen LogP contribution in [-0.4, -0.2) is 59.0 Å². The van der Waals surface area contributed by atoms with Crippen LogP contribution in [0.1, 0.15) is 10.4 Å². The summed E-state index contributed by atoms with van der Waals surface area (Å²) in [7, 11) is 1.64. The van der Waals surface area contributed by atoms with Gasteiger partial charge in [0.2, 0.25) is 0 Å². The number of aromatic nitrogens is 2. The molecule has 2 aromatic rings. The molecule has 2 N–H and O–H groups in total. The summed E-state index contributed by atoms with van der Waals surface area (Å²) in [4.78, 5) is 24.7. The van der Waals surface area contributed by atoms with Crippen LogP contribution in [0.4, 0.5) is 15.7 Å². The Morgan fingerprint density at radius 1 is 1.38 bits per heavy atom. The lowest BCUT2D eigenvalue weighted by Gasteiger charge is -2.34. The van der Waals surface area contributed by atoms with Crippen molar-refractivity contribution in [3.8, 4) is 6.07 Å². The van der Waals surface area contributed by atoms with Crippen LogP contribution < -0.4 is 10.6 Å². The molecule has 10 heteroatoms. The molecule has 0 aliphatic carbocycles. The van der Waals surface area contributed by atoms with Crippen LogP contribution in [0.3, 0.4) is 0 Å². The number of amides is 2. The van der Waals surface area contributed by atoms with Crippen LogP contribution in [0, 0.1) is 11.3 Å². The van der Waals surface area contributed by atoms with Crippen LogP contribution in [0.25, 0.3) is 0 Å². The van der Waals surface area contributed by atoms with E-state index in [2.05, 4.69) is 31.6 Å². The molecule has 0 atom stereocenters. The summed E-state index contributed by atoms with van der Waals surface area (Å²) in [5.41, 5.74) is 1.03. The smallest absolute Gasteiger partial charge is 0.317 e.